The minimum Gasteiger partial charge on any atom is -0.362 e. The first-order valence-electron chi connectivity index (χ1n) is 8.18. The summed E-state index contributed by atoms with van der Waals surface area (Å²) in [5.74, 6) is -0.0229. The molecule has 1 aromatic carbocycles. The van der Waals surface area contributed by atoms with Gasteiger partial charge in [0.15, 0.2) is 0 Å². The van der Waals surface area contributed by atoms with E-state index in [9.17, 15) is 14.9 Å². The molecule has 2 aromatic rings. The van der Waals surface area contributed by atoms with Crippen molar-refractivity contribution in [1.29, 1.82) is 0 Å². The van der Waals surface area contributed by atoms with Crippen LogP contribution in [0.1, 0.15) is 21.7 Å². The lowest BCUT2D eigenvalue weighted by atomic mass is 10.1. The van der Waals surface area contributed by atoms with Crippen LogP contribution in [0.5, 0.6) is 0 Å². The fourth-order valence-electron chi connectivity index (χ4n) is 3.28. The highest BCUT2D eigenvalue weighted by Crippen LogP contribution is 2.28. The molecule has 25 heavy (non-hydrogen) atoms. The van der Waals surface area contributed by atoms with Crippen LogP contribution in [0.2, 0.25) is 0 Å². The van der Waals surface area contributed by atoms with Crippen LogP contribution < -0.4 is 4.90 Å². The molecule has 0 saturated carbocycles. The lowest BCUT2D eigenvalue weighted by molar-refractivity contribution is -0.384. The molecule has 8 nitrogen and oxygen atoms in total. The number of aromatic nitrogens is 2. The zero-order chi connectivity index (χ0) is 18.1. The fraction of sp³-hybridized carbons (Fsp3) is 0.412. The van der Waals surface area contributed by atoms with Crippen molar-refractivity contribution in [3.63, 3.8) is 0 Å². The molecule has 0 atom stereocenters. The average molecular weight is 343 g/mol. The van der Waals surface area contributed by atoms with Crippen molar-refractivity contribution in [2.24, 2.45) is 7.05 Å². The Kier molecular flexibility index (Phi) is 4.43. The number of amides is 1. The number of hydrogen-bond acceptors (Lipinski definition) is 5. The number of para-hydroxylation sites is 2. The SMILES string of the molecule is Cc1nn(C)c(C)c1C(=O)N1CCN(c2ccccc2[N+](=O)[O-])CC1. The zero-order valence-electron chi connectivity index (χ0n) is 14.6. The van der Waals surface area contributed by atoms with Crippen molar-refractivity contribution in [2.75, 3.05) is 31.1 Å². The zero-order valence-corrected chi connectivity index (χ0v) is 14.6. The van der Waals surface area contributed by atoms with E-state index in [1.54, 1.807) is 27.8 Å². The van der Waals surface area contributed by atoms with Crippen molar-refractivity contribution in [2.45, 2.75) is 13.8 Å². The van der Waals surface area contributed by atoms with Crippen LogP contribution in [-0.2, 0) is 7.05 Å². The number of benzene rings is 1. The number of rotatable bonds is 3. The topological polar surface area (TPSA) is 84.5 Å². The van der Waals surface area contributed by atoms with Gasteiger partial charge in [-0.15, -0.1) is 0 Å². The van der Waals surface area contributed by atoms with Gasteiger partial charge in [0.1, 0.15) is 5.69 Å². The van der Waals surface area contributed by atoms with Crippen LogP contribution in [0.15, 0.2) is 24.3 Å². The highest BCUT2D eigenvalue weighted by Gasteiger charge is 2.28. The van der Waals surface area contributed by atoms with Gasteiger partial charge in [0, 0.05) is 45.0 Å². The van der Waals surface area contributed by atoms with Gasteiger partial charge < -0.3 is 9.80 Å². The van der Waals surface area contributed by atoms with E-state index < -0.39 is 0 Å². The van der Waals surface area contributed by atoms with Crippen LogP contribution in [0.25, 0.3) is 0 Å². The molecule has 2 heterocycles. The number of hydrogen-bond donors (Lipinski definition) is 0. The highest BCUT2D eigenvalue weighted by atomic mass is 16.6. The quantitative estimate of drug-likeness (QED) is 0.628. The highest BCUT2D eigenvalue weighted by molar-refractivity contribution is 5.96. The van der Waals surface area contributed by atoms with E-state index in [1.165, 1.54) is 6.07 Å². The van der Waals surface area contributed by atoms with Gasteiger partial charge in [0.2, 0.25) is 0 Å². The molecule has 1 saturated heterocycles. The second-order valence-corrected chi connectivity index (χ2v) is 6.19. The molecule has 1 amide bonds. The van der Waals surface area contributed by atoms with Crippen molar-refractivity contribution in [1.82, 2.24) is 14.7 Å². The van der Waals surface area contributed by atoms with Gasteiger partial charge in [-0.3, -0.25) is 19.6 Å². The van der Waals surface area contributed by atoms with Gasteiger partial charge in [-0.1, -0.05) is 12.1 Å². The Hall–Kier alpha value is -2.90. The number of nitro benzene ring substituents is 1. The third-order valence-electron chi connectivity index (χ3n) is 4.71. The summed E-state index contributed by atoms with van der Waals surface area (Å²) in [7, 11) is 1.82. The lowest BCUT2D eigenvalue weighted by Crippen LogP contribution is -2.49. The Morgan fingerprint density at radius 2 is 1.80 bits per heavy atom. The van der Waals surface area contributed by atoms with Crippen LogP contribution >= 0.6 is 0 Å². The minimum absolute atomic E-state index is 0.0229. The first kappa shape index (κ1) is 16.9. The molecule has 0 bridgehead atoms. The monoisotopic (exact) mass is 343 g/mol. The Labute approximate surface area is 145 Å². The van der Waals surface area contributed by atoms with Crippen molar-refractivity contribution in [3.05, 3.63) is 51.3 Å². The summed E-state index contributed by atoms with van der Waals surface area (Å²) in [4.78, 5) is 27.4. The maximum Gasteiger partial charge on any atom is 0.292 e. The minimum atomic E-state index is -0.366. The number of nitro groups is 1. The number of piperazine rings is 1. The number of anilines is 1. The maximum absolute atomic E-state index is 12.8. The second kappa shape index (κ2) is 6.54. The van der Waals surface area contributed by atoms with Crippen molar-refractivity contribution >= 4 is 17.3 Å². The predicted molar refractivity (Wildman–Crippen MR) is 93.9 cm³/mol. The van der Waals surface area contributed by atoms with Crippen LogP contribution in [0.3, 0.4) is 0 Å². The van der Waals surface area contributed by atoms with Gasteiger partial charge in [-0.25, -0.2) is 0 Å². The van der Waals surface area contributed by atoms with Gasteiger partial charge in [-0.2, -0.15) is 5.10 Å². The molecular weight excluding hydrogens is 322 g/mol. The molecule has 0 aliphatic carbocycles. The first-order chi connectivity index (χ1) is 11.9. The van der Waals surface area contributed by atoms with E-state index >= 15 is 0 Å². The molecule has 1 aliphatic heterocycles. The average Bonchev–Trinajstić information content (AvgIpc) is 2.86. The molecule has 0 unspecified atom stereocenters. The van der Waals surface area contributed by atoms with Gasteiger partial charge in [0.05, 0.1) is 16.2 Å². The van der Waals surface area contributed by atoms with E-state index in [-0.39, 0.29) is 16.5 Å². The third kappa shape index (κ3) is 3.07. The summed E-state index contributed by atoms with van der Waals surface area (Å²) < 4.78 is 1.71. The molecule has 1 aliphatic rings. The number of carbonyl (C=O) groups is 1. The fourth-order valence-corrected chi connectivity index (χ4v) is 3.28. The standard InChI is InChI=1S/C17H21N5O3/c1-12-16(13(2)19(3)18-12)17(23)21-10-8-20(9-11-21)14-6-4-5-7-15(14)22(24)25/h4-7H,8-11H2,1-3H3. The van der Waals surface area contributed by atoms with Gasteiger partial charge in [0.25, 0.3) is 11.6 Å². The normalized spacial score (nSPS) is 14.7. The third-order valence-corrected chi connectivity index (χ3v) is 4.71. The lowest BCUT2D eigenvalue weighted by Gasteiger charge is -2.35. The molecule has 1 fully saturated rings. The van der Waals surface area contributed by atoms with E-state index in [2.05, 4.69) is 5.10 Å². The number of nitrogens with zero attached hydrogens (tertiary/aromatic N) is 5. The number of carbonyl (C=O) groups excluding carboxylic acids is 1. The Bertz CT molecular complexity index is 822. The first-order valence-corrected chi connectivity index (χ1v) is 8.18. The van der Waals surface area contributed by atoms with E-state index in [4.69, 9.17) is 0 Å². The summed E-state index contributed by atoms with van der Waals surface area (Å²) in [6, 6.07) is 6.72. The van der Waals surface area contributed by atoms with Crippen molar-refractivity contribution < 1.29 is 9.72 Å². The van der Waals surface area contributed by atoms with Crippen LogP contribution in [0, 0.1) is 24.0 Å². The molecule has 8 heteroatoms. The molecule has 132 valence electrons. The molecule has 0 N–H and O–H groups in total. The smallest absolute Gasteiger partial charge is 0.292 e. The Morgan fingerprint density at radius 1 is 1.16 bits per heavy atom. The summed E-state index contributed by atoms with van der Waals surface area (Å²) in [5.41, 5.74) is 2.94. The summed E-state index contributed by atoms with van der Waals surface area (Å²) in [5, 5.41) is 15.5. The van der Waals surface area contributed by atoms with E-state index in [0.29, 0.717) is 37.4 Å². The molecule has 0 radical (unpaired) electrons. The van der Waals surface area contributed by atoms with Crippen molar-refractivity contribution in [3.8, 4) is 0 Å². The molecular formula is C17H21N5O3. The van der Waals surface area contributed by atoms with Gasteiger partial charge >= 0.3 is 0 Å². The maximum atomic E-state index is 12.8. The van der Waals surface area contributed by atoms with E-state index in [1.807, 2.05) is 25.8 Å². The molecule has 0 spiro atoms. The Balaban J connectivity index is 1.74. The van der Waals surface area contributed by atoms with Gasteiger partial charge in [-0.05, 0) is 19.9 Å². The Morgan fingerprint density at radius 3 is 2.36 bits per heavy atom. The van der Waals surface area contributed by atoms with Crippen LogP contribution in [0.4, 0.5) is 11.4 Å². The second-order valence-electron chi connectivity index (χ2n) is 6.19. The summed E-state index contributed by atoms with van der Waals surface area (Å²) in [6.45, 7) is 5.90. The van der Waals surface area contributed by atoms with E-state index in [0.717, 1.165) is 11.4 Å². The number of aryl methyl sites for hydroxylation is 2. The molecule has 1 aromatic heterocycles. The largest absolute Gasteiger partial charge is 0.362 e. The van der Waals surface area contributed by atoms with Crippen LogP contribution in [-0.4, -0.2) is 51.7 Å². The summed E-state index contributed by atoms with van der Waals surface area (Å²) in [6.07, 6.45) is 0. The predicted octanol–water partition coefficient (Wildman–Crippen LogP) is 1.91. The molecule has 3 rings (SSSR count). The summed E-state index contributed by atoms with van der Waals surface area (Å²) >= 11 is 0.